The first-order chi connectivity index (χ1) is 13.9. The summed E-state index contributed by atoms with van der Waals surface area (Å²) in [5.41, 5.74) is 0.352. The number of Topliss-reactive ketones (excluding diaryl/α,β-unsaturated/α-hetero) is 1. The number of rotatable bonds is 18. The highest BCUT2D eigenvalue weighted by molar-refractivity contribution is 7.85. The topological polar surface area (TPSA) is 71.4 Å². The van der Waals surface area contributed by atoms with E-state index in [2.05, 4.69) is 6.92 Å². The Labute approximate surface area is 178 Å². The van der Waals surface area contributed by atoms with E-state index in [0.29, 0.717) is 12.0 Å². The molecule has 29 heavy (non-hydrogen) atoms. The van der Waals surface area contributed by atoms with Crippen LogP contribution in [0.3, 0.4) is 0 Å². The molecule has 0 aliphatic rings. The van der Waals surface area contributed by atoms with E-state index >= 15 is 0 Å². The molecule has 166 valence electrons. The first-order valence-electron chi connectivity index (χ1n) is 11.6. The molecule has 0 amide bonds. The summed E-state index contributed by atoms with van der Waals surface area (Å²) in [6, 6.07) is 5.63. The molecule has 5 heteroatoms. The van der Waals surface area contributed by atoms with Crippen LogP contribution in [-0.2, 0) is 10.1 Å². The van der Waals surface area contributed by atoms with Crippen molar-refractivity contribution < 1.29 is 17.8 Å². The van der Waals surface area contributed by atoms with Gasteiger partial charge in [0.1, 0.15) is 0 Å². The summed E-state index contributed by atoms with van der Waals surface area (Å²) in [6.07, 6.45) is 19.6. The van der Waals surface area contributed by atoms with E-state index in [1.54, 1.807) is 6.07 Å². The lowest BCUT2D eigenvalue weighted by Crippen LogP contribution is -2.03. The summed E-state index contributed by atoms with van der Waals surface area (Å²) in [6.45, 7) is 2.26. The first-order valence-corrected chi connectivity index (χ1v) is 13.0. The van der Waals surface area contributed by atoms with Crippen LogP contribution >= 0.6 is 0 Å². The Hall–Kier alpha value is -1.20. The number of ketones is 1. The van der Waals surface area contributed by atoms with E-state index in [4.69, 9.17) is 4.55 Å². The fourth-order valence-corrected chi connectivity index (χ4v) is 4.16. The lowest BCUT2D eigenvalue weighted by molar-refractivity contribution is 0.0979. The monoisotopic (exact) mass is 424 g/mol. The zero-order chi connectivity index (χ0) is 21.4. The van der Waals surface area contributed by atoms with E-state index in [1.807, 2.05) is 0 Å². The predicted octanol–water partition coefficient (Wildman–Crippen LogP) is 7.38. The van der Waals surface area contributed by atoms with Gasteiger partial charge in [0.2, 0.25) is 0 Å². The largest absolute Gasteiger partial charge is 0.294 e. The molecule has 0 aliphatic heterocycles. The second kappa shape index (κ2) is 15.6. The molecular formula is C24H40O4S. The summed E-state index contributed by atoms with van der Waals surface area (Å²) in [5, 5.41) is 0. The normalized spacial score (nSPS) is 11.7. The molecular weight excluding hydrogens is 384 g/mol. The average Bonchev–Trinajstić information content (AvgIpc) is 2.70. The zero-order valence-electron chi connectivity index (χ0n) is 18.2. The molecule has 4 nitrogen and oxygen atoms in total. The van der Waals surface area contributed by atoms with Crippen LogP contribution in [0, 0.1) is 0 Å². The third kappa shape index (κ3) is 12.9. The van der Waals surface area contributed by atoms with Crippen molar-refractivity contribution in [1.82, 2.24) is 0 Å². The number of carbonyl (C=O) groups excluding carboxylic acids is 1. The fraction of sp³-hybridized carbons (Fsp3) is 0.708. The van der Waals surface area contributed by atoms with Gasteiger partial charge in [-0.15, -0.1) is 0 Å². The van der Waals surface area contributed by atoms with Gasteiger partial charge in [-0.05, 0) is 18.6 Å². The molecule has 0 atom stereocenters. The van der Waals surface area contributed by atoms with Crippen molar-refractivity contribution in [2.45, 2.75) is 115 Å². The van der Waals surface area contributed by atoms with Crippen molar-refractivity contribution in [3.8, 4) is 0 Å². The SMILES string of the molecule is CCCCCCCCCCCCCCCCCC(=O)c1cccc(S(=O)(=O)O)c1. The molecule has 0 unspecified atom stereocenters. The molecule has 0 radical (unpaired) electrons. The van der Waals surface area contributed by atoms with Crippen molar-refractivity contribution in [2.75, 3.05) is 0 Å². The minimum atomic E-state index is -4.26. The van der Waals surface area contributed by atoms with Crippen LogP contribution in [-0.4, -0.2) is 18.8 Å². The third-order valence-electron chi connectivity index (χ3n) is 5.46. The molecule has 0 aromatic heterocycles. The molecule has 0 spiro atoms. The maximum absolute atomic E-state index is 12.2. The van der Waals surface area contributed by atoms with Gasteiger partial charge in [-0.2, -0.15) is 8.42 Å². The number of hydrogen-bond donors (Lipinski definition) is 1. The minimum Gasteiger partial charge on any atom is -0.294 e. The maximum Gasteiger partial charge on any atom is 0.294 e. The van der Waals surface area contributed by atoms with E-state index in [0.717, 1.165) is 19.3 Å². The Kier molecular flexibility index (Phi) is 13.9. The second-order valence-electron chi connectivity index (χ2n) is 8.13. The van der Waals surface area contributed by atoms with Gasteiger partial charge in [0, 0.05) is 12.0 Å². The van der Waals surface area contributed by atoms with Gasteiger partial charge in [-0.1, -0.05) is 109 Å². The molecule has 1 aromatic carbocycles. The fourth-order valence-electron chi connectivity index (χ4n) is 3.63. The predicted molar refractivity (Wildman–Crippen MR) is 120 cm³/mol. The quantitative estimate of drug-likeness (QED) is 0.152. The van der Waals surface area contributed by atoms with E-state index in [-0.39, 0.29) is 10.7 Å². The van der Waals surface area contributed by atoms with E-state index in [1.165, 1.54) is 95.2 Å². The lowest BCUT2D eigenvalue weighted by Gasteiger charge is -2.04. The zero-order valence-corrected chi connectivity index (χ0v) is 19.0. The summed E-state index contributed by atoms with van der Waals surface area (Å²) >= 11 is 0. The van der Waals surface area contributed by atoms with Crippen molar-refractivity contribution in [3.63, 3.8) is 0 Å². The highest BCUT2D eigenvalue weighted by atomic mass is 32.2. The van der Waals surface area contributed by atoms with Gasteiger partial charge < -0.3 is 0 Å². The van der Waals surface area contributed by atoms with E-state index < -0.39 is 10.1 Å². The van der Waals surface area contributed by atoms with Gasteiger partial charge >= 0.3 is 0 Å². The molecule has 0 heterocycles. The first kappa shape index (κ1) is 25.8. The molecule has 0 bridgehead atoms. The number of unbranched alkanes of at least 4 members (excludes halogenated alkanes) is 14. The van der Waals surface area contributed by atoms with Crippen LogP contribution in [0.4, 0.5) is 0 Å². The smallest absolute Gasteiger partial charge is 0.294 e. The molecule has 0 saturated carbocycles. The third-order valence-corrected chi connectivity index (χ3v) is 6.31. The van der Waals surface area contributed by atoms with Crippen molar-refractivity contribution >= 4 is 15.9 Å². The van der Waals surface area contributed by atoms with Gasteiger partial charge in [-0.3, -0.25) is 9.35 Å². The van der Waals surface area contributed by atoms with Crippen LogP contribution in [0.15, 0.2) is 29.2 Å². The lowest BCUT2D eigenvalue weighted by atomic mass is 10.0. The standard InChI is InChI=1S/C24H40O4S/c1-2-3-4-5-6-7-8-9-10-11-12-13-14-15-16-20-24(25)22-18-17-19-23(21-22)29(26,27)28/h17-19,21H,2-16,20H2,1H3,(H,26,27,28). The van der Waals surface area contributed by atoms with Gasteiger partial charge in [0.05, 0.1) is 4.90 Å². The Bertz CT molecular complexity index is 667. The van der Waals surface area contributed by atoms with Crippen LogP contribution in [0.25, 0.3) is 0 Å². The van der Waals surface area contributed by atoms with Crippen molar-refractivity contribution in [1.29, 1.82) is 0 Å². The Morgan fingerprint density at radius 1 is 0.759 bits per heavy atom. The summed E-state index contributed by atoms with van der Waals surface area (Å²) in [7, 11) is -4.26. The molecule has 1 N–H and O–H groups in total. The minimum absolute atomic E-state index is 0.0646. The van der Waals surface area contributed by atoms with Crippen LogP contribution < -0.4 is 0 Å². The average molecular weight is 425 g/mol. The molecule has 0 aliphatic carbocycles. The molecule has 1 rings (SSSR count). The summed E-state index contributed by atoms with van der Waals surface area (Å²) < 4.78 is 31.4. The van der Waals surface area contributed by atoms with E-state index in [9.17, 15) is 13.2 Å². The van der Waals surface area contributed by atoms with Gasteiger partial charge in [0.15, 0.2) is 5.78 Å². The molecule has 0 saturated heterocycles. The summed E-state index contributed by atoms with van der Waals surface area (Å²) in [5.74, 6) is -0.0646. The van der Waals surface area contributed by atoms with Crippen molar-refractivity contribution in [2.24, 2.45) is 0 Å². The highest BCUT2D eigenvalue weighted by Gasteiger charge is 2.12. The Morgan fingerprint density at radius 3 is 1.66 bits per heavy atom. The molecule has 0 fully saturated rings. The Balaban J connectivity index is 1.98. The van der Waals surface area contributed by atoms with Crippen LogP contribution in [0.1, 0.15) is 120 Å². The Morgan fingerprint density at radius 2 is 1.21 bits per heavy atom. The number of hydrogen-bond acceptors (Lipinski definition) is 3. The van der Waals surface area contributed by atoms with Crippen LogP contribution in [0.5, 0.6) is 0 Å². The van der Waals surface area contributed by atoms with Gasteiger partial charge in [0.25, 0.3) is 10.1 Å². The number of benzene rings is 1. The maximum atomic E-state index is 12.2. The summed E-state index contributed by atoms with van der Waals surface area (Å²) in [4.78, 5) is 12.0. The van der Waals surface area contributed by atoms with Crippen molar-refractivity contribution in [3.05, 3.63) is 29.8 Å². The number of carbonyl (C=O) groups is 1. The highest BCUT2D eigenvalue weighted by Crippen LogP contribution is 2.16. The van der Waals surface area contributed by atoms with Gasteiger partial charge in [-0.25, -0.2) is 0 Å². The van der Waals surface area contributed by atoms with Crippen LogP contribution in [0.2, 0.25) is 0 Å². The molecule has 1 aromatic rings. The second-order valence-corrected chi connectivity index (χ2v) is 9.55.